The molecule has 0 bridgehead atoms. The number of aryl methyl sites for hydroxylation is 1. The fourth-order valence-electron chi connectivity index (χ4n) is 1.54. The summed E-state index contributed by atoms with van der Waals surface area (Å²) < 4.78 is 39.2. The van der Waals surface area contributed by atoms with Crippen LogP contribution >= 0.6 is 0 Å². The summed E-state index contributed by atoms with van der Waals surface area (Å²) in [5.41, 5.74) is -0.196. The summed E-state index contributed by atoms with van der Waals surface area (Å²) in [5, 5.41) is 3.75. The molecule has 0 aliphatic carbocycles. The van der Waals surface area contributed by atoms with Crippen molar-refractivity contribution in [3.05, 3.63) is 47.8 Å². The van der Waals surface area contributed by atoms with E-state index in [9.17, 15) is 13.2 Å². The summed E-state index contributed by atoms with van der Waals surface area (Å²) in [4.78, 5) is 0. The van der Waals surface area contributed by atoms with Gasteiger partial charge in [0.1, 0.15) is 0 Å². The Bertz CT molecular complexity index is 488. The summed E-state index contributed by atoms with van der Waals surface area (Å²) in [6.07, 6.45) is -3.17. The molecule has 0 spiro atoms. The van der Waals surface area contributed by atoms with Gasteiger partial charge in [-0.15, -0.1) is 0 Å². The average molecular weight is 286 g/mol. The minimum Gasteiger partial charge on any atom is -0.228 e. The lowest BCUT2D eigenvalue weighted by Gasteiger charge is -2.11. The summed E-state index contributed by atoms with van der Waals surface area (Å²) in [7, 11) is 0. The Morgan fingerprint density at radius 1 is 0.950 bits per heavy atom. The highest BCUT2D eigenvalue weighted by molar-refractivity contribution is 5.35. The van der Waals surface area contributed by atoms with Crippen LogP contribution in [0.4, 0.5) is 13.2 Å². The maximum Gasteiger partial charge on any atom is 0.433 e. The standard InChI is InChI=1S/C11H9F3N2.2C2H6/c1-8-7-15-16(10(8)11(12,13)14)9-5-3-2-4-6-9;2*1-2/h2-7H,1H3;2*1-2H3. The summed E-state index contributed by atoms with van der Waals surface area (Å²) >= 11 is 0. The first-order chi connectivity index (χ1) is 9.50. The lowest BCUT2D eigenvalue weighted by molar-refractivity contribution is -0.143. The van der Waals surface area contributed by atoms with Gasteiger partial charge in [0.15, 0.2) is 5.69 Å². The molecule has 20 heavy (non-hydrogen) atoms. The van der Waals surface area contributed by atoms with E-state index < -0.39 is 11.9 Å². The second-order valence-corrected chi connectivity index (χ2v) is 3.42. The van der Waals surface area contributed by atoms with Crippen molar-refractivity contribution in [1.82, 2.24) is 9.78 Å². The van der Waals surface area contributed by atoms with Gasteiger partial charge in [-0.1, -0.05) is 45.9 Å². The SMILES string of the molecule is CC.CC.Cc1cnn(-c2ccccc2)c1C(F)(F)F. The number of para-hydroxylation sites is 1. The Balaban J connectivity index is 0.000000829. The lowest BCUT2D eigenvalue weighted by Crippen LogP contribution is -2.14. The molecular formula is C15H21F3N2. The summed E-state index contributed by atoms with van der Waals surface area (Å²) in [6.45, 7) is 9.40. The van der Waals surface area contributed by atoms with Crippen LogP contribution in [-0.2, 0) is 6.18 Å². The van der Waals surface area contributed by atoms with E-state index in [0.29, 0.717) is 5.69 Å². The maximum absolute atomic E-state index is 12.8. The molecule has 0 N–H and O–H groups in total. The van der Waals surface area contributed by atoms with E-state index in [0.717, 1.165) is 4.68 Å². The molecule has 0 radical (unpaired) electrons. The molecule has 0 atom stereocenters. The Hall–Kier alpha value is -1.78. The molecule has 0 fully saturated rings. The van der Waals surface area contributed by atoms with E-state index in [1.54, 1.807) is 30.3 Å². The van der Waals surface area contributed by atoms with E-state index in [1.165, 1.54) is 13.1 Å². The Morgan fingerprint density at radius 2 is 1.45 bits per heavy atom. The van der Waals surface area contributed by atoms with Crippen LogP contribution in [0.3, 0.4) is 0 Å². The molecule has 0 unspecified atom stereocenters. The third-order valence-corrected chi connectivity index (χ3v) is 2.22. The van der Waals surface area contributed by atoms with E-state index >= 15 is 0 Å². The fourth-order valence-corrected chi connectivity index (χ4v) is 1.54. The monoisotopic (exact) mass is 286 g/mol. The van der Waals surface area contributed by atoms with Crippen LogP contribution in [0.1, 0.15) is 39.0 Å². The maximum atomic E-state index is 12.8. The first-order valence-electron chi connectivity index (χ1n) is 6.67. The minimum atomic E-state index is -4.39. The number of hydrogen-bond acceptors (Lipinski definition) is 1. The van der Waals surface area contributed by atoms with Crippen LogP contribution in [0.5, 0.6) is 0 Å². The topological polar surface area (TPSA) is 17.8 Å². The highest BCUT2D eigenvalue weighted by Crippen LogP contribution is 2.32. The van der Waals surface area contributed by atoms with E-state index in [2.05, 4.69) is 5.10 Å². The molecule has 2 rings (SSSR count). The summed E-state index contributed by atoms with van der Waals surface area (Å²) in [5.74, 6) is 0. The van der Waals surface area contributed by atoms with Crippen molar-refractivity contribution in [2.24, 2.45) is 0 Å². The molecular weight excluding hydrogens is 265 g/mol. The van der Waals surface area contributed by atoms with E-state index in [4.69, 9.17) is 0 Å². The molecule has 1 heterocycles. The van der Waals surface area contributed by atoms with Gasteiger partial charge in [-0.2, -0.15) is 18.3 Å². The van der Waals surface area contributed by atoms with E-state index in [1.807, 2.05) is 27.7 Å². The largest absolute Gasteiger partial charge is 0.433 e. The van der Waals surface area contributed by atoms with Crippen molar-refractivity contribution in [3.63, 3.8) is 0 Å². The number of rotatable bonds is 1. The molecule has 5 heteroatoms. The number of halogens is 3. The van der Waals surface area contributed by atoms with Crippen LogP contribution in [0.25, 0.3) is 5.69 Å². The quantitative estimate of drug-likeness (QED) is 0.700. The third kappa shape index (κ3) is 4.40. The second-order valence-electron chi connectivity index (χ2n) is 3.42. The van der Waals surface area contributed by atoms with Crippen LogP contribution in [0.15, 0.2) is 36.5 Å². The predicted octanol–water partition coefficient (Wildman–Crippen LogP) is 5.25. The highest BCUT2D eigenvalue weighted by atomic mass is 19.4. The normalized spacial score (nSPS) is 10.0. The second kappa shape index (κ2) is 8.40. The summed E-state index contributed by atoms with van der Waals surface area (Å²) in [6, 6.07) is 8.26. The lowest BCUT2D eigenvalue weighted by atomic mass is 10.2. The van der Waals surface area contributed by atoms with Gasteiger partial charge in [-0.25, -0.2) is 4.68 Å². The number of nitrogens with zero attached hydrogens (tertiary/aromatic N) is 2. The zero-order chi connectivity index (χ0) is 15.8. The highest BCUT2D eigenvalue weighted by Gasteiger charge is 2.37. The number of aromatic nitrogens is 2. The number of alkyl halides is 3. The van der Waals surface area contributed by atoms with Crippen LogP contribution in [-0.4, -0.2) is 9.78 Å². The van der Waals surface area contributed by atoms with E-state index in [-0.39, 0.29) is 5.56 Å². The molecule has 0 saturated carbocycles. The van der Waals surface area contributed by atoms with Crippen molar-refractivity contribution < 1.29 is 13.2 Å². The molecule has 0 saturated heterocycles. The molecule has 0 amide bonds. The average Bonchev–Trinajstić information content (AvgIpc) is 2.86. The van der Waals surface area contributed by atoms with Gasteiger partial charge in [-0.05, 0) is 24.6 Å². The van der Waals surface area contributed by atoms with Crippen LogP contribution in [0, 0.1) is 6.92 Å². The number of hydrogen-bond donors (Lipinski definition) is 0. The predicted molar refractivity (Wildman–Crippen MR) is 76.0 cm³/mol. The Morgan fingerprint density at radius 3 is 1.90 bits per heavy atom. The molecule has 0 aliphatic rings. The molecule has 2 nitrogen and oxygen atoms in total. The molecule has 1 aromatic heterocycles. The molecule has 112 valence electrons. The molecule has 1 aromatic carbocycles. The minimum absolute atomic E-state index is 0.122. The van der Waals surface area contributed by atoms with Crippen molar-refractivity contribution in [3.8, 4) is 5.69 Å². The first-order valence-corrected chi connectivity index (χ1v) is 6.67. The van der Waals surface area contributed by atoms with Gasteiger partial charge in [-0.3, -0.25) is 0 Å². The van der Waals surface area contributed by atoms with Crippen molar-refractivity contribution >= 4 is 0 Å². The van der Waals surface area contributed by atoms with Crippen LogP contribution < -0.4 is 0 Å². The molecule has 2 aromatic rings. The van der Waals surface area contributed by atoms with Gasteiger partial charge in [0, 0.05) is 0 Å². The van der Waals surface area contributed by atoms with Crippen molar-refractivity contribution in [2.45, 2.75) is 40.8 Å². The van der Waals surface area contributed by atoms with Gasteiger partial charge < -0.3 is 0 Å². The smallest absolute Gasteiger partial charge is 0.228 e. The number of benzene rings is 1. The van der Waals surface area contributed by atoms with Gasteiger partial charge in [0.2, 0.25) is 0 Å². The third-order valence-electron chi connectivity index (χ3n) is 2.22. The van der Waals surface area contributed by atoms with Gasteiger partial charge in [0.05, 0.1) is 11.9 Å². The van der Waals surface area contributed by atoms with Crippen LogP contribution in [0.2, 0.25) is 0 Å². The Kier molecular flexibility index (Phi) is 7.65. The zero-order valence-corrected chi connectivity index (χ0v) is 12.5. The van der Waals surface area contributed by atoms with Gasteiger partial charge >= 0.3 is 6.18 Å². The fraction of sp³-hybridized carbons (Fsp3) is 0.400. The zero-order valence-electron chi connectivity index (χ0n) is 12.5. The van der Waals surface area contributed by atoms with Gasteiger partial charge in [0.25, 0.3) is 0 Å². The molecule has 0 aliphatic heterocycles. The first kappa shape index (κ1) is 18.2. The Labute approximate surface area is 118 Å². The van der Waals surface area contributed by atoms with Crippen molar-refractivity contribution in [2.75, 3.05) is 0 Å². The van der Waals surface area contributed by atoms with Crippen molar-refractivity contribution in [1.29, 1.82) is 0 Å².